The summed E-state index contributed by atoms with van der Waals surface area (Å²) in [7, 11) is -0.397. The van der Waals surface area contributed by atoms with Crippen molar-refractivity contribution in [3.05, 3.63) is 34.4 Å². The monoisotopic (exact) mass is 339 g/mol. The number of carbonyl (C=O) groups is 1. The number of carbonyl (C=O) groups excluding carboxylic acids is 1. The van der Waals surface area contributed by atoms with Gasteiger partial charge in [-0.1, -0.05) is 32.9 Å². The third kappa shape index (κ3) is 4.56. The number of aryl methyl sites for hydroxylation is 2. The van der Waals surface area contributed by atoms with E-state index in [1.54, 1.807) is 14.1 Å². The number of amides is 1. The minimum atomic E-state index is -3.54. The summed E-state index contributed by atoms with van der Waals surface area (Å²) in [6.45, 7) is 11.7. The summed E-state index contributed by atoms with van der Waals surface area (Å²) >= 11 is 0. The second-order valence-corrected chi connectivity index (χ2v) is 9.84. The van der Waals surface area contributed by atoms with Crippen LogP contribution in [0, 0.1) is 13.8 Å². The van der Waals surface area contributed by atoms with Crippen LogP contribution in [-0.4, -0.2) is 38.6 Å². The van der Waals surface area contributed by atoms with Gasteiger partial charge in [-0.3, -0.25) is 4.79 Å². The van der Waals surface area contributed by atoms with Gasteiger partial charge in [0, 0.05) is 14.1 Å². The molecular weight excluding hydrogens is 310 g/mol. The first kappa shape index (κ1) is 19.7. The van der Waals surface area contributed by atoms with E-state index in [1.165, 1.54) is 17.4 Å². The van der Waals surface area contributed by atoms with Gasteiger partial charge in [-0.2, -0.15) is 0 Å². The summed E-state index contributed by atoms with van der Waals surface area (Å²) in [5.74, 6) is -0.484. The largest absolute Gasteiger partial charge is 0.348 e. The normalized spacial score (nSPS) is 13.7. The quantitative estimate of drug-likeness (QED) is 0.847. The first-order valence-corrected chi connectivity index (χ1v) is 9.52. The standard InChI is InChI=1S/C18H29NO3S/c1-12-9-15(18(4,5)6)10-13(2)16(12)11-23(21,22)14(3)17(20)19(7)8/h9-10,14H,11H2,1-8H3. The van der Waals surface area contributed by atoms with Crippen molar-refractivity contribution in [3.63, 3.8) is 0 Å². The highest BCUT2D eigenvalue weighted by molar-refractivity contribution is 7.92. The second-order valence-electron chi connectivity index (χ2n) is 7.52. The summed E-state index contributed by atoms with van der Waals surface area (Å²) in [5, 5.41) is -1.03. The lowest BCUT2D eigenvalue weighted by molar-refractivity contribution is -0.127. The molecule has 23 heavy (non-hydrogen) atoms. The van der Waals surface area contributed by atoms with E-state index in [2.05, 4.69) is 32.9 Å². The molecule has 1 unspecified atom stereocenters. The second kappa shape index (κ2) is 6.63. The van der Waals surface area contributed by atoms with Crippen LogP contribution < -0.4 is 0 Å². The first-order chi connectivity index (χ1) is 10.3. The van der Waals surface area contributed by atoms with Gasteiger partial charge in [-0.15, -0.1) is 0 Å². The van der Waals surface area contributed by atoms with E-state index >= 15 is 0 Å². The molecule has 5 heteroatoms. The molecule has 1 rings (SSSR count). The smallest absolute Gasteiger partial charge is 0.240 e. The maximum Gasteiger partial charge on any atom is 0.240 e. The Labute approximate surface area is 140 Å². The van der Waals surface area contributed by atoms with Gasteiger partial charge in [0.1, 0.15) is 5.25 Å². The molecule has 0 radical (unpaired) electrons. The average Bonchev–Trinajstić information content (AvgIpc) is 2.39. The van der Waals surface area contributed by atoms with Gasteiger partial charge in [0.25, 0.3) is 0 Å². The number of hydrogen-bond donors (Lipinski definition) is 0. The summed E-state index contributed by atoms with van der Waals surface area (Å²) in [4.78, 5) is 13.3. The van der Waals surface area contributed by atoms with E-state index in [1.807, 2.05) is 13.8 Å². The minimum Gasteiger partial charge on any atom is -0.348 e. The molecule has 0 aliphatic heterocycles. The number of benzene rings is 1. The van der Waals surface area contributed by atoms with Crippen LogP contribution in [-0.2, 0) is 25.8 Å². The van der Waals surface area contributed by atoms with Crippen LogP contribution in [0.1, 0.15) is 49.9 Å². The van der Waals surface area contributed by atoms with E-state index in [4.69, 9.17) is 0 Å². The lowest BCUT2D eigenvalue weighted by atomic mass is 9.84. The maximum atomic E-state index is 12.6. The lowest BCUT2D eigenvalue weighted by Gasteiger charge is -2.23. The van der Waals surface area contributed by atoms with Gasteiger partial charge in [0.05, 0.1) is 5.75 Å². The van der Waals surface area contributed by atoms with Crippen molar-refractivity contribution >= 4 is 15.7 Å². The summed E-state index contributed by atoms with van der Waals surface area (Å²) in [6, 6.07) is 4.10. The van der Waals surface area contributed by atoms with Crippen molar-refractivity contribution in [1.29, 1.82) is 0 Å². The summed E-state index contributed by atoms with van der Waals surface area (Å²) in [5.41, 5.74) is 3.93. The van der Waals surface area contributed by atoms with Crippen molar-refractivity contribution in [2.24, 2.45) is 0 Å². The van der Waals surface area contributed by atoms with Gasteiger partial charge < -0.3 is 4.90 Å². The highest BCUT2D eigenvalue weighted by Crippen LogP contribution is 2.28. The predicted molar refractivity (Wildman–Crippen MR) is 95.4 cm³/mol. The van der Waals surface area contributed by atoms with E-state index in [0.717, 1.165) is 16.7 Å². The Bertz CT molecular complexity index is 674. The minimum absolute atomic E-state index is 0.0150. The molecule has 0 aliphatic rings. The molecule has 0 heterocycles. The molecule has 0 aromatic heterocycles. The molecule has 1 aromatic rings. The van der Waals surface area contributed by atoms with Gasteiger partial charge in [-0.25, -0.2) is 8.42 Å². The maximum absolute atomic E-state index is 12.6. The van der Waals surface area contributed by atoms with Gasteiger partial charge in [0.15, 0.2) is 9.84 Å². The fourth-order valence-electron chi connectivity index (χ4n) is 2.50. The Morgan fingerprint density at radius 2 is 1.57 bits per heavy atom. The number of sulfone groups is 1. The SMILES string of the molecule is Cc1cc(C(C)(C)C)cc(C)c1CS(=O)(=O)C(C)C(=O)N(C)C. The van der Waals surface area contributed by atoms with Crippen LogP contribution in [0.4, 0.5) is 0 Å². The molecule has 1 atom stereocenters. The highest BCUT2D eigenvalue weighted by Gasteiger charge is 2.30. The van der Waals surface area contributed by atoms with E-state index in [0.29, 0.717) is 0 Å². The number of rotatable bonds is 4. The Hall–Kier alpha value is -1.36. The van der Waals surface area contributed by atoms with Crippen LogP contribution in [0.15, 0.2) is 12.1 Å². The topological polar surface area (TPSA) is 54.5 Å². The molecule has 4 nitrogen and oxygen atoms in total. The summed E-state index contributed by atoms with van der Waals surface area (Å²) in [6.07, 6.45) is 0. The molecule has 0 aliphatic carbocycles. The van der Waals surface area contributed by atoms with E-state index in [-0.39, 0.29) is 17.1 Å². The molecule has 0 spiro atoms. The highest BCUT2D eigenvalue weighted by atomic mass is 32.2. The molecule has 0 saturated carbocycles. The molecule has 130 valence electrons. The zero-order valence-corrected chi connectivity index (χ0v) is 16.3. The van der Waals surface area contributed by atoms with Crippen molar-refractivity contribution in [2.75, 3.05) is 14.1 Å². The van der Waals surface area contributed by atoms with E-state index < -0.39 is 15.1 Å². The van der Waals surface area contributed by atoms with Gasteiger partial charge in [-0.05, 0) is 48.4 Å². The van der Waals surface area contributed by atoms with Crippen LogP contribution in [0.25, 0.3) is 0 Å². The lowest BCUT2D eigenvalue weighted by Crippen LogP contribution is -2.37. The fourth-order valence-corrected chi connectivity index (χ4v) is 4.12. The summed E-state index contributed by atoms with van der Waals surface area (Å²) < 4.78 is 25.2. The molecule has 1 amide bonds. The van der Waals surface area contributed by atoms with Crippen molar-refractivity contribution < 1.29 is 13.2 Å². The molecule has 0 fully saturated rings. The predicted octanol–water partition coefficient (Wildman–Crippen LogP) is 2.99. The molecule has 1 aromatic carbocycles. The Morgan fingerprint density at radius 3 is 1.91 bits per heavy atom. The van der Waals surface area contributed by atoms with Gasteiger partial charge in [0.2, 0.25) is 5.91 Å². The zero-order chi connectivity index (χ0) is 18.2. The number of hydrogen-bond acceptors (Lipinski definition) is 3. The first-order valence-electron chi connectivity index (χ1n) is 7.80. The van der Waals surface area contributed by atoms with Crippen LogP contribution in [0.3, 0.4) is 0 Å². The van der Waals surface area contributed by atoms with Crippen molar-refractivity contribution in [2.45, 2.75) is 58.0 Å². The van der Waals surface area contributed by atoms with Gasteiger partial charge >= 0.3 is 0 Å². The number of nitrogens with zero attached hydrogens (tertiary/aromatic N) is 1. The Balaban J connectivity index is 3.22. The third-order valence-electron chi connectivity index (χ3n) is 4.23. The Morgan fingerprint density at radius 1 is 1.13 bits per heavy atom. The Kier molecular flexibility index (Phi) is 5.68. The van der Waals surface area contributed by atoms with E-state index in [9.17, 15) is 13.2 Å². The fraction of sp³-hybridized carbons (Fsp3) is 0.611. The van der Waals surface area contributed by atoms with Crippen LogP contribution in [0.5, 0.6) is 0 Å². The molecular formula is C18H29NO3S. The van der Waals surface area contributed by atoms with Crippen LogP contribution in [0.2, 0.25) is 0 Å². The van der Waals surface area contributed by atoms with Crippen LogP contribution >= 0.6 is 0 Å². The van der Waals surface area contributed by atoms with Crippen molar-refractivity contribution in [3.8, 4) is 0 Å². The van der Waals surface area contributed by atoms with Crippen molar-refractivity contribution in [1.82, 2.24) is 4.90 Å². The molecule has 0 N–H and O–H groups in total. The third-order valence-corrected chi connectivity index (χ3v) is 6.20. The average molecular weight is 340 g/mol. The molecule has 0 saturated heterocycles. The zero-order valence-electron chi connectivity index (χ0n) is 15.5. The molecule has 0 bridgehead atoms.